The molecule has 2 fully saturated rings. The van der Waals surface area contributed by atoms with E-state index in [1.165, 1.54) is 12.8 Å². The monoisotopic (exact) mass is 334 g/mol. The van der Waals surface area contributed by atoms with Gasteiger partial charge in [0.05, 0.1) is 6.10 Å². The summed E-state index contributed by atoms with van der Waals surface area (Å²) < 4.78 is 5.66. The second-order valence-electron chi connectivity index (χ2n) is 6.23. The van der Waals surface area contributed by atoms with E-state index >= 15 is 0 Å². The molecule has 3 rings (SSSR count). The highest BCUT2D eigenvalue weighted by Gasteiger charge is 2.21. The quantitative estimate of drug-likeness (QED) is 0.898. The molecule has 2 aliphatic rings. The van der Waals surface area contributed by atoms with Gasteiger partial charge in [-0.25, -0.2) is 0 Å². The maximum atomic E-state index is 12.7. The first-order chi connectivity index (χ1) is 11.3. The van der Waals surface area contributed by atoms with Gasteiger partial charge in [-0.05, 0) is 43.9 Å². The SMILES string of the molecule is Cc1c(NCC[C@@H]2CCCO2)cccc1C(=O)N1CCSCC1. The maximum Gasteiger partial charge on any atom is 0.254 e. The summed E-state index contributed by atoms with van der Waals surface area (Å²) in [5.74, 6) is 2.26. The molecule has 2 heterocycles. The molecule has 0 aliphatic carbocycles. The van der Waals surface area contributed by atoms with Crippen molar-refractivity contribution in [2.24, 2.45) is 0 Å². The highest BCUT2D eigenvalue weighted by Crippen LogP contribution is 2.22. The minimum atomic E-state index is 0.172. The summed E-state index contributed by atoms with van der Waals surface area (Å²) in [7, 11) is 0. The first kappa shape index (κ1) is 16.7. The Kier molecular flexibility index (Phi) is 5.84. The molecule has 0 unspecified atom stereocenters. The van der Waals surface area contributed by atoms with E-state index in [2.05, 4.69) is 11.4 Å². The van der Waals surface area contributed by atoms with E-state index in [1.807, 2.05) is 35.7 Å². The van der Waals surface area contributed by atoms with Crippen LogP contribution in [0.3, 0.4) is 0 Å². The number of amides is 1. The number of rotatable bonds is 5. The van der Waals surface area contributed by atoms with E-state index < -0.39 is 0 Å². The molecule has 23 heavy (non-hydrogen) atoms. The van der Waals surface area contributed by atoms with Crippen LogP contribution in [0.25, 0.3) is 0 Å². The van der Waals surface area contributed by atoms with E-state index in [9.17, 15) is 4.79 Å². The molecular formula is C18H26N2O2S. The maximum absolute atomic E-state index is 12.7. The summed E-state index contributed by atoms with van der Waals surface area (Å²) in [4.78, 5) is 14.7. The third kappa shape index (κ3) is 4.21. The number of carbonyl (C=O) groups excluding carboxylic acids is 1. The van der Waals surface area contributed by atoms with Crippen molar-refractivity contribution in [3.63, 3.8) is 0 Å². The normalized spacial score (nSPS) is 21.4. The molecule has 0 radical (unpaired) electrons. The Labute approximate surface area is 143 Å². The molecule has 1 N–H and O–H groups in total. The van der Waals surface area contributed by atoms with Gasteiger partial charge in [0.2, 0.25) is 0 Å². The number of hydrogen-bond acceptors (Lipinski definition) is 4. The Morgan fingerprint density at radius 1 is 1.39 bits per heavy atom. The van der Waals surface area contributed by atoms with Crippen LogP contribution in [0.15, 0.2) is 18.2 Å². The summed E-state index contributed by atoms with van der Waals surface area (Å²) in [6, 6.07) is 5.99. The lowest BCUT2D eigenvalue weighted by molar-refractivity contribution is 0.0771. The van der Waals surface area contributed by atoms with Crippen LogP contribution in [0.4, 0.5) is 5.69 Å². The Morgan fingerprint density at radius 2 is 2.22 bits per heavy atom. The van der Waals surface area contributed by atoms with Gasteiger partial charge >= 0.3 is 0 Å². The van der Waals surface area contributed by atoms with Crippen molar-refractivity contribution >= 4 is 23.4 Å². The zero-order chi connectivity index (χ0) is 16.1. The van der Waals surface area contributed by atoms with Gasteiger partial charge in [0, 0.05) is 49.0 Å². The summed E-state index contributed by atoms with van der Waals surface area (Å²) in [6.45, 7) is 5.56. The minimum Gasteiger partial charge on any atom is -0.385 e. The van der Waals surface area contributed by atoms with Crippen LogP contribution in [0.5, 0.6) is 0 Å². The van der Waals surface area contributed by atoms with Crippen molar-refractivity contribution in [1.29, 1.82) is 0 Å². The number of nitrogens with zero attached hydrogens (tertiary/aromatic N) is 1. The fraction of sp³-hybridized carbons (Fsp3) is 0.611. The largest absolute Gasteiger partial charge is 0.385 e. The average molecular weight is 334 g/mol. The first-order valence-corrected chi connectivity index (χ1v) is 9.73. The van der Waals surface area contributed by atoms with Crippen LogP contribution in [0.2, 0.25) is 0 Å². The van der Waals surface area contributed by atoms with Crippen molar-refractivity contribution < 1.29 is 9.53 Å². The third-order valence-corrected chi connectivity index (χ3v) is 5.61. The summed E-state index contributed by atoms with van der Waals surface area (Å²) in [5, 5.41) is 3.48. The number of anilines is 1. The Balaban J connectivity index is 1.61. The predicted molar refractivity (Wildman–Crippen MR) is 96.5 cm³/mol. The smallest absolute Gasteiger partial charge is 0.254 e. The molecule has 2 aliphatic heterocycles. The molecule has 126 valence electrons. The standard InChI is InChI=1S/C18H26N2O2S/c1-14-16(18(21)20-9-12-23-13-10-20)5-2-6-17(14)19-8-7-15-4-3-11-22-15/h2,5-6,15,19H,3-4,7-13H2,1H3/t15-/m0/s1. The molecular weight excluding hydrogens is 308 g/mol. The van der Waals surface area contributed by atoms with Gasteiger partial charge in [0.15, 0.2) is 0 Å². The second-order valence-corrected chi connectivity index (χ2v) is 7.46. The van der Waals surface area contributed by atoms with Crippen LogP contribution in [0, 0.1) is 6.92 Å². The van der Waals surface area contributed by atoms with Crippen LogP contribution >= 0.6 is 11.8 Å². The zero-order valence-electron chi connectivity index (χ0n) is 13.8. The number of benzene rings is 1. The van der Waals surface area contributed by atoms with Gasteiger partial charge in [-0.3, -0.25) is 4.79 Å². The van der Waals surface area contributed by atoms with Crippen molar-refractivity contribution in [3.8, 4) is 0 Å². The number of nitrogens with one attached hydrogen (secondary N) is 1. The van der Waals surface area contributed by atoms with E-state index in [1.54, 1.807) is 0 Å². The lowest BCUT2D eigenvalue weighted by Crippen LogP contribution is -2.38. The second kappa shape index (κ2) is 8.06. The van der Waals surface area contributed by atoms with Crippen LogP contribution in [0.1, 0.15) is 35.2 Å². The fourth-order valence-electron chi connectivity index (χ4n) is 3.24. The highest BCUT2D eigenvalue weighted by molar-refractivity contribution is 7.99. The molecule has 0 spiro atoms. The summed E-state index contributed by atoms with van der Waals surface area (Å²) >= 11 is 1.92. The highest BCUT2D eigenvalue weighted by atomic mass is 32.2. The molecule has 5 heteroatoms. The predicted octanol–water partition coefficient (Wildman–Crippen LogP) is 3.17. The molecule has 0 bridgehead atoms. The van der Waals surface area contributed by atoms with Crippen LogP contribution in [-0.4, -0.2) is 54.7 Å². The van der Waals surface area contributed by atoms with Crippen molar-refractivity contribution in [2.75, 3.05) is 43.1 Å². The fourth-order valence-corrected chi connectivity index (χ4v) is 4.14. The molecule has 2 saturated heterocycles. The van der Waals surface area contributed by atoms with E-state index in [4.69, 9.17) is 4.74 Å². The summed E-state index contributed by atoms with van der Waals surface area (Å²) in [6.07, 6.45) is 3.79. The molecule has 1 amide bonds. The van der Waals surface area contributed by atoms with Gasteiger partial charge in [-0.2, -0.15) is 11.8 Å². The third-order valence-electron chi connectivity index (χ3n) is 4.67. The van der Waals surface area contributed by atoms with Gasteiger partial charge in [-0.15, -0.1) is 0 Å². The van der Waals surface area contributed by atoms with Crippen LogP contribution < -0.4 is 5.32 Å². The lowest BCUT2D eigenvalue weighted by atomic mass is 10.0. The molecule has 0 aromatic heterocycles. The average Bonchev–Trinajstić information content (AvgIpc) is 3.10. The van der Waals surface area contributed by atoms with E-state index in [0.717, 1.165) is 61.0 Å². The van der Waals surface area contributed by atoms with Crippen molar-refractivity contribution in [1.82, 2.24) is 4.90 Å². The number of thioether (sulfide) groups is 1. The first-order valence-electron chi connectivity index (χ1n) is 8.58. The number of ether oxygens (including phenoxy) is 1. The number of hydrogen-bond donors (Lipinski definition) is 1. The minimum absolute atomic E-state index is 0.172. The van der Waals surface area contributed by atoms with Gasteiger partial charge in [-0.1, -0.05) is 6.07 Å². The number of carbonyl (C=O) groups is 1. The molecule has 0 saturated carbocycles. The van der Waals surface area contributed by atoms with Crippen LogP contribution in [-0.2, 0) is 4.74 Å². The van der Waals surface area contributed by atoms with Gasteiger partial charge in [0.1, 0.15) is 0 Å². The Hall–Kier alpha value is -1.20. The summed E-state index contributed by atoms with van der Waals surface area (Å²) in [5.41, 5.74) is 2.96. The Bertz CT molecular complexity index is 538. The van der Waals surface area contributed by atoms with Crippen molar-refractivity contribution in [3.05, 3.63) is 29.3 Å². The molecule has 1 aromatic carbocycles. The lowest BCUT2D eigenvalue weighted by Gasteiger charge is -2.27. The molecule has 4 nitrogen and oxygen atoms in total. The topological polar surface area (TPSA) is 41.6 Å². The van der Waals surface area contributed by atoms with Gasteiger partial charge in [0.25, 0.3) is 5.91 Å². The van der Waals surface area contributed by atoms with Gasteiger partial charge < -0.3 is 15.0 Å². The van der Waals surface area contributed by atoms with E-state index in [-0.39, 0.29) is 5.91 Å². The Morgan fingerprint density at radius 3 is 2.96 bits per heavy atom. The zero-order valence-corrected chi connectivity index (χ0v) is 14.7. The van der Waals surface area contributed by atoms with Crippen molar-refractivity contribution in [2.45, 2.75) is 32.3 Å². The van der Waals surface area contributed by atoms with E-state index in [0.29, 0.717) is 6.10 Å². The molecule has 1 atom stereocenters. The molecule has 1 aromatic rings.